The largest absolute Gasteiger partial charge is 0.486 e. The number of aryl methyl sites for hydroxylation is 1. The summed E-state index contributed by atoms with van der Waals surface area (Å²) >= 11 is 0. The van der Waals surface area contributed by atoms with Crippen molar-refractivity contribution in [3.05, 3.63) is 72.1 Å². The second kappa shape index (κ2) is 9.21. The predicted octanol–water partition coefficient (Wildman–Crippen LogP) is 4.90. The monoisotopic (exact) mass is 506 g/mol. The van der Waals surface area contributed by atoms with Crippen molar-refractivity contribution in [1.82, 2.24) is 4.98 Å². The topological polar surface area (TPSA) is 96.8 Å². The molecule has 1 N–H and O–H groups in total. The number of carboxylic acids is 1. The lowest BCUT2D eigenvalue weighted by Gasteiger charge is -2.35. The number of hydrogen-bond acceptors (Lipinski definition) is 5. The Hall–Kier alpha value is -3.60. The molecule has 1 aliphatic rings. The fraction of sp³-hybridized carbons (Fsp3) is 0.250. The number of aliphatic carboxylic acids is 1. The molecule has 2 aromatic carbocycles. The smallest absolute Gasteiger partial charge is 0.417 e. The number of pyridine rings is 1. The molecule has 0 spiro atoms. The summed E-state index contributed by atoms with van der Waals surface area (Å²) in [5.74, 6) is -0.855. The average Bonchev–Trinajstić information content (AvgIpc) is 2.81. The van der Waals surface area contributed by atoms with Crippen LogP contribution in [0.2, 0.25) is 0 Å². The fourth-order valence-electron chi connectivity index (χ4n) is 3.81. The molecule has 35 heavy (non-hydrogen) atoms. The van der Waals surface area contributed by atoms with Crippen LogP contribution in [0.4, 0.5) is 18.9 Å². The van der Waals surface area contributed by atoms with Crippen LogP contribution < -0.4 is 9.04 Å². The summed E-state index contributed by atoms with van der Waals surface area (Å²) in [7, 11) is -4.09. The van der Waals surface area contributed by atoms with E-state index in [1.165, 1.54) is 36.5 Å². The molecule has 4 rings (SSSR count). The summed E-state index contributed by atoms with van der Waals surface area (Å²) in [6, 6.07) is 11.7. The second-order valence-corrected chi connectivity index (χ2v) is 10.0. The molecule has 0 bridgehead atoms. The third kappa shape index (κ3) is 5.24. The Bertz CT molecular complexity index is 1380. The van der Waals surface area contributed by atoms with E-state index in [9.17, 15) is 26.4 Å². The number of anilines is 1. The Morgan fingerprint density at radius 1 is 1.14 bits per heavy atom. The Morgan fingerprint density at radius 2 is 1.91 bits per heavy atom. The number of ether oxygens (including phenoxy) is 1. The zero-order valence-electron chi connectivity index (χ0n) is 18.5. The van der Waals surface area contributed by atoms with Crippen LogP contribution in [0.25, 0.3) is 11.1 Å². The lowest BCUT2D eigenvalue weighted by atomic mass is 10.0. The quantitative estimate of drug-likeness (QED) is 0.511. The maximum absolute atomic E-state index is 13.6. The first-order chi connectivity index (χ1) is 16.4. The molecule has 0 saturated heterocycles. The number of benzene rings is 2. The van der Waals surface area contributed by atoms with E-state index in [4.69, 9.17) is 9.84 Å². The summed E-state index contributed by atoms with van der Waals surface area (Å²) in [4.78, 5) is 14.8. The van der Waals surface area contributed by atoms with E-state index in [0.717, 1.165) is 15.9 Å². The molecule has 0 saturated carbocycles. The van der Waals surface area contributed by atoms with E-state index in [2.05, 4.69) is 4.98 Å². The second-order valence-electron chi connectivity index (χ2n) is 8.17. The maximum atomic E-state index is 13.6. The van der Waals surface area contributed by atoms with Crippen LogP contribution in [0, 0.1) is 6.92 Å². The molecular formula is C24H21F3N2O5S. The van der Waals surface area contributed by atoms with Gasteiger partial charge in [0.25, 0.3) is 10.0 Å². The molecule has 7 nitrogen and oxygen atoms in total. The van der Waals surface area contributed by atoms with Crippen LogP contribution in [0.5, 0.6) is 5.75 Å². The molecule has 1 aromatic heterocycles. The van der Waals surface area contributed by atoms with Crippen molar-refractivity contribution < 1.29 is 36.2 Å². The van der Waals surface area contributed by atoms with E-state index in [0.29, 0.717) is 11.8 Å². The number of nitrogens with zero attached hydrogens (tertiary/aromatic N) is 2. The Kier molecular flexibility index (Phi) is 6.46. The van der Waals surface area contributed by atoms with Gasteiger partial charge in [-0.05, 0) is 54.8 Å². The van der Waals surface area contributed by atoms with Gasteiger partial charge in [0, 0.05) is 24.4 Å². The highest BCUT2D eigenvalue weighted by Crippen LogP contribution is 2.41. The van der Waals surface area contributed by atoms with Crippen molar-refractivity contribution in [2.24, 2.45) is 0 Å². The van der Waals surface area contributed by atoms with Crippen molar-refractivity contribution in [3.63, 3.8) is 0 Å². The van der Waals surface area contributed by atoms with Crippen molar-refractivity contribution in [2.75, 3.05) is 10.8 Å². The van der Waals surface area contributed by atoms with Gasteiger partial charge in [0.05, 0.1) is 22.7 Å². The van der Waals surface area contributed by atoms with E-state index in [1.54, 1.807) is 19.1 Å². The molecule has 0 amide bonds. The standard InChI is InChI=1S/C24H21F3N2O5S/c1-15-3-2-4-20(9-15)35(32,33)29-14-19(6-8-23(30)31)34-22-7-5-16(11-21(22)29)17-10-18(13-28-12-17)24(25,26)27/h2-5,7,9-13,19H,6,8,14H2,1H3,(H,30,31)/t19-/m0/s1. The third-order valence-electron chi connectivity index (χ3n) is 5.55. The van der Waals surface area contributed by atoms with Crippen molar-refractivity contribution in [3.8, 4) is 16.9 Å². The van der Waals surface area contributed by atoms with Gasteiger partial charge in [0.15, 0.2) is 0 Å². The number of fused-ring (bicyclic) bond motifs is 1. The number of aromatic nitrogens is 1. The molecule has 11 heteroatoms. The molecule has 1 aliphatic heterocycles. The zero-order chi connectivity index (χ0) is 25.4. The minimum absolute atomic E-state index is 0.0356. The highest BCUT2D eigenvalue weighted by Gasteiger charge is 2.35. The predicted molar refractivity (Wildman–Crippen MR) is 122 cm³/mol. The minimum atomic E-state index is -4.59. The van der Waals surface area contributed by atoms with Gasteiger partial charge in [-0.25, -0.2) is 8.42 Å². The molecule has 0 radical (unpaired) electrons. The van der Waals surface area contributed by atoms with Gasteiger partial charge >= 0.3 is 12.1 Å². The van der Waals surface area contributed by atoms with E-state index >= 15 is 0 Å². The first-order valence-corrected chi connectivity index (χ1v) is 12.0. The van der Waals surface area contributed by atoms with Gasteiger partial charge in [-0.15, -0.1) is 0 Å². The summed E-state index contributed by atoms with van der Waals surface area (Å²) in [5, 5.41) is 9.04. The number of hydrogen-bond donors (Lipinski definition) is 1. The Balaban J connectivity index is 1.80. The lowest BCUT2D eigenvalue weighted by molar-refractivity contribution is -0.138. The molecule has 0 aliphatic carbocycles. The Morgan fingerprint density at radius 3 is 2.60 bits per heavy atom. The van der Waals surface area contributed by atoms with Gasteiger partial charge in [0.1, 0.15) is 11.9 Å². The Labute approximate surface area is 199 Å². The van der Waals surface area contributed by atoms with Crippen LogP contribution in [0.3, 0.4) is 0 Å². The third-order valence-corrected chi connectivity index (χ3v) is 7.32. The number of halogens is 3. The minimum Gasteiger partial charge on any atom is -0.486 e. The van der Waals surface area contributed by atoms with Crippen LogP contribution in [0.1, 0.15) is 24.0 Å². The lowest BCUT2D eigenvalue weighted by Crippen LogP contribution is -2.43. The molecule has 1 atom stereocenters. The molecule has 184 valence electrons. The van der Waals surface area contributed by atoms with Crippen molar-refractivity contribution >= 4 is 21.7 Å². The molecular weight excluding hydrogens is 485 g/mol. The number of rotatable bonds is 6. The zero-order valence-corrected chi connectivity index (χ0v) is 19.3. The molecule has 3 aromatic rings. The summed E-state index contributed by atoms with van der Waals surface area (Å²) in [6.45, 7) is 1.60. The number of carbonyl (C=O) groups is 1. The average molecular weight is 507 g/mol. The van der Waals surface area contributed by atoms with E-state index < -0.39 is 33.8 Å². The van der Waals surface area contributed by atoms with Crippen LogP contribution in [0.15, 0.2) is 65.8 Å². The van der Waals surface area contributed by atoms with Gasteiger partial charge in [-0.1, -0.05) is 18.2 Å². The summed E-state index contributed by atoms with van der Waals surface area (Å²) < 4.78 is 73.8. The van der Waals surface area contributed by atoms with Crippen LogP contribution in [-0.2, 0) is 21.0 Å². The summed E-state index contributed by atoms with van der Waals surface area (Å²) in [5.41, 5.74) is 0.420. The maximum Gasteiger partial charge on any atom is 0.417 e. The molecule has 0 fully saturated rings. The first kappa shape index (κ1) is 24.5. The van der Waals surface area contributed by atoms with Crippen molar-refractivity contribution in [1.29, 1.82) is 0 Å². The number of carboxylic acid groups (broad SMARTS) is 1. The highest BCUT2D eigenvalue weighted by molar-refractivity contribution is 7.92. The van der Waals surface area contributed by atoms with Gasteiger partial charge in [0.2, 0.25) is 0 Å². The van der Waals surface area contributed by atoms with Gasteiger partial charge in [-0.2, -0.15) is 13.2 Å². The molecule has 0 unspecified atom stereocenters. The SMILES string of the molecule is Cc1cccc(S(=O)(=O)N2C[C@H](CCC(=O)O)Oc3ccc(-c4cncc(C(F)(F)F)c4)cc32)c1. The van der Waals surface area contributed by atoms with Gasteiger partial charge < -0.3 is 9.84 Å². The summed E-state index contributed by atoms with van der Waals surface area (Å²) in [6.07, 6.45) is -3.47. The molecule has 2 heterocycles. The van der Waals surface area contributed by atoms with Crippen LogP contribution in [-0.4, -0.2) is 37.1 Å². The van der Waals surface area contributed by atoms with E-state index in [-0.39, 0.29) is 41.3 Å². The van der Waals surface area contributed by atoms with E-state index in [1.807, 2.05) is 0 Å². The first-order valence-electron chi connectivity index (χ1n) is 10.6. The van der Waals surface area contributed by atoms with Crippen LogP contribution >= 0.6 is 0 Å². The normalized spacial score (nSPS) is 15.9. The fourth-order valence-corrected chi connectivity index (χ4v) is 5.41. The van der Waals surface area contributed by atoms with Crippen molar-refractivity contribution in [2.45, 2.75) is 36.9 Å². The highest BCUT2D eigenvalue weighted by atomic mass is 32.2. The van der Waals surface area contributed by atoms with Gasteiger partial charge in [-0.3, -0.25) is 14.1 Å². The number of sulfonamides is 1. The number of alkyl halides is 3.